The summed E-state index contributed by atoms with van der Waals surface area (Å²) in [6.45, 7) is 1.18. The summed E-state index contributed by atoms with van der Waals surface area (Å²) in [7, 11) is 0. The Morgan fingerprint density at radius 3 is 2.76 bits per heavy atom. The van der Waals surface area contributed by atoms with E-state index in [0.29, 0.717) is 12.5 Å². The van der Waals surface area contributed by atoms with Gasteiger partial charge < -0.3 is 9.84 Å². The van der Waals surface area contributed by atoms with Crippen molar-refractivity contribution in [1.82, 2.24) is 0 Å². The first kappa shape index (κ1) is 11.5. The second-order valence-electron chi connectivity index (χ2n) is 6.38. The van der Waals surface area contributed by atoms with Crippen LogP contribution in [0.2, 0.25) is 0 Å². The third-order valence-corrected chi connectivity index (χ3v) is 5.31. The van der Waals surface area contributed by atoms with Crippen LogP contribution in [0.15, 0.2) is 0 Å². The van der Waals surface area contributed by atoms with Crippen LogP contribution in [-0.2, 0) is 9.53 Å². The highest BCUT2D eigenvalue weighted by Crippen LogP contribution is 2.52. The number of carbonyl (C=O) groups is 1. The first-order valence-electron chi connectivity index (χ1n) is 7.01. The highest BCUT2D eigenvalue weighted by Gasteiger charge is 2.47. The Labute approximate surface area is 103 Å². The molecule has 2 bridgehead atoms. The van der Waals surface area contributed by atoms with Crippen molar-refractivity contribution < 1.29 is 14.6 Å². The second kappa shape index (κ2) is 4.27. The Morgan fingerprint density at radius 2 is 2.24 bits per heavy atom. The molecule has 0 aromatic carbocycles. The monoisotopic (exact) mass is 238 g/mol. The standard InChI is InChI=1S/C14H22O3/c15-13(16)14(4-1-5-17-9-14)8-12-7-10-2-3-11(12)6-10/h10-12H,1-9H2,(H,15,16). The fourth-order valence-corrected chi connectivity index (χ4v) is 4.40. The molecule has 96 valence electrons. The highest BCUT2D eigenvalue weighted by atomic mass is 16.5. The molecule has 3 fully saturated rings. The van der Waals surface area contributed by atoms with Crippen LogP contribution in [-0.4, -0.2) is 24.3 Å². The third-order valence-electron chi connectivity index (χ3n) is 5.31. The maximum absolute atomic E-state index is 11.6. The van der Waals surface area contributed by atoms with Gasteiger partial charge in [-0.2, -0.15) is 0 Å². The molecular formula is C14H22O3. The van der Waals surface area contributed by atoms with Gasteiger partial charge in [0.05, 0.1) is 12.0 Å². The lowest BCUT2D eigenvalue weighted by Crippen LogP contribution is -2.41. The van der Waals surface area contributed by atoms with E-state index in [1.165, 1.54) is 25.7 Å². The van der Waals surface area contributed by atoms with Crippen LogP contribution in [0, 0.1) is 23.2 Å². The Kier molecular flexibility index (Phi) is 2.89. The maximum atomic E-state index is 11.6. The smallest absolute Gasteiger partial charge is 0.311 e. The molecule has 2 aliphatic carbocycles. The number of hydrogen-bond donors (Lipinski definition) is 1. The van der Waals surface area contributed by atoms with E-state index in [1.54, 1.807) is 0 Å². The average Bonchev–Trinajstić information content (AvgIpc) is 2.92. The van der Waals surface area contributed by atoms with Crippen molar-refractivity contribution in [2.45, 2.75) is 44.9 Å². The minimum Gasteiger partial charge on any atom is -0.481 e. The Hall–Kier alpha value is -0.570. The van der Waals surface area contributed by atoms with Crippen LogP contribution in [0.4, 0.5) is 0 Å². The van der Waals surface area contributed by atoms with E-state index in [2.05, 4.69) is 0 Å². The van der Waals surface area contributed by atoms with Crippen LogP contribution in [0.3, 0.4) is 0 Å². The molecule has 0 amide bonds. The molecule has 1 N–H and O–H groups in total. The largest absolute Gasteiger partial charge is 0.481 e. The van der Waals surface area contributed by atoms with Crippen molar-refractivity contribution in [3.63, 3.8) is 0 Å². The zero-order valence-corrected chi connectivity index (χ0v) is 10.4. The molecule has 3 nitrogen and oxygen atoms in total. The van der Waals surface area contributed by atoms with E-state index < -0.39 is 11.4 Å². The van der Waals surface area contributed by atoms with Crippen LogP contribution in [0.25, 0.3) is 0 Å². The molecule has 0 aromatic heterocycles. The van der Waals surface area contributed by atoms with Crippen molar-refractivity contribution in [2.75, 3.05) is 13.2 Å². The van der Waals surface area contributed by atoms with Gasteiger partial charge in [-0.05, 0) is 56.3 Å². The van der Waals surface area contributed by atoms with Crippen LogP contribution < -0.4 is 0 Å². The quantitative estimate of drug-likeness (QED) is 0.822. The second-order valence-corrected chi connectivity index (χ2v) is 6.38. The van der Waals surface area contributed by atoms with E-state index >= 15 is 0 Å². The topological polar surface area (TPSA) is 46.5 Å². The Balaban J connectivity index is 1.70. The molecule has 1 heterocycles. The van der Waals surface area contributed by atoms with Gasteiger partial charge in [-0.15, -0.1) is 0 Å². The van der Waals surface area contributed by atoms with Crippen molar-refractivity contribution in [3.8, 4) is 0 Å². The summed E-state index contributed by atoms with van der Waals surface area (Å²) >= 11 is 0. The first-order valence-corrected chi connectivity index (χ1v) is 7.01. The van der Waals surface area contributed by atoms with E-state index in [9.17, 15) is 9.90 Å². The molecule has 1 aliphatic heterocycles. The number of hydrogen-bond acceptors (Lipinski definition) is 2. The summed E-state index contributed by atoms with van der Waals surface area (Å²) in [4.78, 5) is 11.6. The summed E-state index contributed by atoms with van der Waals surface area (Å²) in [6, 6.07) is 0. The molecule has 3 rings (SSSR count). The molecule has 2 saturated carbocycles. The third kappa shape index (κ3) is 1.99. The van der Waals surface area contributed by atoms with Gasteiger partial charge in [0.1, 0.15) is 0 Å². The summed E-state index contributed by atoms with van der Waals surface area (Å²) in [5.74, 6) is 1.75. The van der Waals surface area contributed by atoms with Crippen LogP contribution >= 0.6 is 0 Å². The molecule has 3 aliphatic rings. The fraction of sp³-hybridized carbons (Fsp3) is 0.929. The molecule has 0 radical (unpaired) electrons. The van der Waals surface area contributed by atoms with Gasteiger partial charge >= 0.3 is 5.97 Å². The summed E-state index contributed by atoms with van der Waals surface area (Å²) in [5.41, 5.74) is -0.562. The molecule has 0 aromatic rings. The van der Waals surface area contributed by atoms with Crippen molar-refractivity contribution in [3.05, 3.63) is 0 Å². The zero-order valence-electron chi connectivity index (χ0n) is 10.4. The summed E-state index contributed by atoms with van der Waals surface area (Å²) < 4.78 is 5.46. The van der Waals surface area contributed by atoms with E-state index in [-0.39, 0.29) is 0 Å². The molecule has 0 spiro atoms. The van der Waals surface area contributed by atoms with Gasteiger partial charge in [0.2, 0.25) is 0 Å². The minimum atomic E-state index is -0.625. The molecule has 4 unspecified atom stereocenters. The number of fused-ring (bicyclic) bond motifs is 2. The Morgan fingerprint density at radius 1 is 1.35 bits per heavy atom. The fourth-order valence-electron chi connectivity index (χ4n) is 4.40. The summed E-state index contributed by atoms with van der Waals surface area (Å²) in [6.07, 6.45) is 7.96. The van der Waals surface area contributed by atoms with Gasteiger partial charge in [-0.3, -0.25) is 4.79 Å². The van der Waals surface area contributed by atoms with Gasteiger partial charge in [0.15, 0.2) is 0 Å². The normalized spacial score (nSPS) is 45.1. The zero-order chi connectivity index (χ0) is 11.9. The molecular weight excluding hydrogens is 216 g/mol. The van der Waals surface area contributed by atoms with Crippen molar-refractivity contribution in [1.29, 1.82) is 0 Å². The van der Waals surface area contributed by atoms with Gasteiger partial charge in [0, 0.05) is 6.61 Å². The molecule has 17 heavy (non-hydrogen) atoms. The van der Waals surface area contributed by atoms with Gasteiger partial charge in [-0.25, -0.2) is 0 Å². The predicted molar refractivity (Wildman–Crippen MR) is 63.7 cm³/mol. The van der Waals surface area contributed by atoms with Crippen molar-refractivity contribution in [2.24, 2.45) is 23.2 Å². The Bertz CT molecular complexity index is 307. The average molecular weight is 238 g/mol. The highest BCUT2D eigenvalue weighted by molar-refractivity contribution is 5.75. The van der Waals surface area contributed by atoms with E-state index in [4.69, 9.17) is 4.74 Å². The number of rotatable bonds is 3. The van der Waals surface area contributed by atoms with Gasteiger partial charge in [0.25, 0.3) is 0 Å². The number of carboxylic acids is 1. The molecule has 3 heteroatoms. The molecule has 4 atom stereocenters. The summed E-state index contributed by atoms with van der Waals surface area (Å²) in [5, 5.41) is 9.54. The lowest BCUT2D eigenvalue weighted by molar-refractivity contribution is -0.159. The maximum Gasteiger partial charge on any atom is 0.311 e. The van der Waals surface area contributed by atoms with Crippen molar-refractivity contribution >= 4 is 5.97 Å². The number of aliphatic carboxylic acids is 1. The van der Waals surface area contributed by atoms with E-state index in [1.807, 2.05) is 0 Å². The lowest BCUT2D eigenvalue weighted by Gasteiger charge is -2.37. The number of carboxylic acid groups (broad SMARTS) is 1. The van der Waals surface area contributed by atoms with E-state index in [0.717, 1.165) is 37.7 Å². The molecule has 1 saturated heterocycles. The minimum absolute atomic E-state index is 0.441. The number of ether oxygens (including phenoxy) is 1. The SMILES string of the molecule is O=C(O)C1(CC2CC3CCC2C3)CCCOC1. The van der Waals surface area contributed by atoms with Crippen LogP contribution in [0.1, 0.15) is 44.9 Å². The van der Waals surface area contributed by atoms with Crippen LogP contribution in [0.5, 0.6) is 0 Å². The first-order chi connectivity index (χ1) is 8.20. The lowest BCUT2D eigenvalue weighted by atomic mass is 9.71. The van der Waals surface area contributed by atoms with Gasteiger partial charge in [-0.1, -0.05) is 6.42 Å². The predicted octanol–water partition coefficient (Wildman–Crippen LogP) is 2.69.